The summed E-state index contributed by atoms with van der Waals surface area (Å²) < 4.78 is 5.79. The van der Waals surface area contributed by atoms with Crippen molar-refractivity contribution in [3.05, 3.63) is 29.8 Å². The van der Waals surface area contributed by atoms with Crippen molar-refractivity contribution >= 4 is 0 Å². The molecule has 1 aliphatic heterocycles. The Morgan fingerprint density at radius 1 is 1.44 bits per heavy atom. The van der Waals surface area contributed by atoms with Crippen LogP contribution in [0.4, 0.5) is 0 Å². The normalized spacial score (nSPS) is 22.3. The zero-order chi connectivity index (χ0) is 11.5. The summed E-state index contributed by atoms with van der Waals surface area (Å²) in [6.45, 7) is 4.55. The third kappa shape index (κ3) is 2.54. The molecule has 0 aromatic heterocycles. The number of hydrogen-bond acceptors (Lipinski definition) is 3. The van der Waals surface area contributed by atoms with Gasteiger partial charge in [0.1, 0.15) is 11.9 Å². The lowest BCUT2D eigenvalue weighted by Crippen LogP contribution is -2.41. The van der Waals surface area contributed by atoms with Gasteiger partial charge in [0.2, 0.25) is 0 Å². The second-order valence-electron chi connectivity index (χ2n) is 4.49. The van der Waals surface area contributed by atoms with E-state index in [1.54, 1.807) is 6.92 Å². The average Bonchev–Trinajstić information content (AvgIpc) is 2.68. The van der Waals surface area contributed by atoms with Crippen molar-refractivity contribution in [2.45, 2.75) is 38.5 Å². The maximum Gasteiger partial charge on any atom is 0.123 e. The molecule has 3 heteroatoms. The summed E-state index contributed by atoms with van der Waals surface area (Å²) in [5, 5.41) is 12.6. The zero-order valence-corrected chi connectivity index (χ0v) is 9.81. The smallest absolute Gasteiger partial charge is 0.123 e. The van der Waals surface area contributed by atoms with E-state index in [0.29, 0.717) is 0 Å². The lowest BCUT2D eigenvalue weighted by molar-refractivity contribution is 0.141. The van der Waals surface area contributed by atoms with Crippen LogP contribution in [0.1, 0.15) is 19.4 Å². The van der Waals surface area contributed by atoms with E-state index in [2.05, 4.69) is 11.4 Å². The van der Waals surface area contributed by atoms with Crippen molar-refractivity contribution in [1.82, 2.24) is 5.32 Å². The summed E-state index contributed by atoms with van der Waals surface area (Å²) in [6.07, 6.45) is 0.817. The SMILES string of the molecule is CC(O)C(C)NCC1Cc2ccccc2O1. The summed E-state index contributed by atoms with van der Waals surface area (Å²) in [6, 6.07) is 8.25. The predicted octanol–water partition coefficient (Wildman–Crippen LogP) is 1.35. The highest BCUT2D eigenvalue weighted by Crippen LogP contribution is 2.27. The highest BCUT2D eigenvalue weighted by Gasteiger charge is 2.22. The van der Waals surface area contributed by atoms with Crippen LogP contribution in [-0.2, 0) is 6.42 Å². The second-order valence-corrected chi connectivity index (χ2v) is 4.49. The fourth-order valence-electron chi connectivity index (χ4n) is 1.86. The first-order chi connectivity index (χ1) is 7.66. The van der Waals surface area contributed by atoms with Crippen molar-refractivity contribution in [1.29, 1.82) is 0 Å². The van der Waals surface area contributed by atoms with Crippen LogP contribution in [0.15, 0.2) is 24.3 Å². The molecule has 0 amide bonds. The van der Waals surface area contributed by atoms with Crippen LogP contribution in [0.2, 0.25) is 0 Å². The third-order valence-corrected chi connectivity index (χ3v) is 3.10. The fraction of sp³-hybridized carbons (Fsp3) is 0.538. The van der Waals surface area contributed by atoms with Gasteiger partial charge in [0, 0.05) is 19.0 Å². The van der Waals surface area contributed by atoms with Gasteiger partial charge in [-0.05, 0) is 25.5 Å². The highest BCUT2D eigenvalue weighted by atomic mass is 16.5. The maximum atomic E-state index is 9.37. The molecule has 1 aromatic rings. The predicted molar refractivity (Wildman–Crippen MR) is 63.7 cm³/mol. The van der Waals surface area contributed by atoms with Gasteiger partial charge in [0.25, 0.3) is 0 Å². The van der Waals surface area contributed by atoms with Gasteiger partial charge in [-0.2, -0.15) is 0 Å². The number of hydrogen-bond donors (Lipinski definition) is 2. The van der Waals surface area contributed by atoms with Crippen LogP contribution >= 0.6 is 0 Å². The van der Waals surface area contributed by atoms with Crippen LogP contribution in [0.25, 0.3) is 0 Å². The van der Waals surface area contributed by atoms with Gasteiger partial charge in [-0.1, -0.05) is 18.2 Å². The topological polar surface area (TPSA) is 41.5 Å². The molecular weight excluding hydrogens is 202 g/mol. The van der Waals surface area contributed by atoms with Gasteiger partial charge >= 0.3 is 0 Å². The van der Waals surface area contributed by atoms with E-state index in [1.807, 2.05) is 25.1 Å². The minimum atomic E-state index is -0.330. The molecule has 0 radical (unpaired) electrons. The molecule has 2 rings (SSSR count). The molecule has 0 saturated heterocycles. The Morgan fingerprint density at radius 3 is 2.88 bits per heavy atom. The van der Waals surface area contributed by atoms with Crippen molar-refractivity contribution in [2.24, 2.45) is 0 Å². The number of rotatable bonds is 4. The second kappa shape index (κ2) is 4.85. The number of aliphatic hydroxyl groups is 1. The molecule has 88 valence electrons. The number of ether oxygens (including phenoxy) is 1. The maximum absolute atomic E-state index is 9.37. The van der Waals surface area contributed by atoms with Gasteiger partial charge in [-0.25, -0.2) is 0 Å². The summed E-state index contributed by atoms with van der Waals surface area (Å²) in [5.74, 6) is 0.999. The van der Waals surface area contributed by atoms with E-state index in [4.69, 9.17) is 4.74 Å². The quantitative estimate of drug-likeness (QED) is 0.806. The molecule has 3 atom stereocenters. The summed E-state index contributed by atoms with van der Waals surface area (Å²) in [4.78, 5) is 0. The number of fused-ring (bicyclic) bond motifs is 1. The van der Waals surface area contributed by atoms with Crippen LogP contribution in [0.3, 0.4) is 0 Å². The standard InChI is InChI=1S/C13H19NO2/c1-9(10(2)15)14-8-12-7-11-5-3-4-6-13(11)16-12/h3-6,9-10,12,14-15H,7-8H2,1-2H3. The van der Waals surface area contributed by atoms with E-state index >= 15 is 0 Å². The molecule has 1 aliphatic rings. The molecule has 0 bridgehead atoms. The van der Waals surface area contributed by atoms with E-state index in [9.17, 15) is 5.11 Å². The van der Waals surface area contributed by atoms with E-state index in [-0.39, 0.29) is 18.2 Å². The van der Waals surface area contributed by atoms with Gasteiger partial charge in [0.15, 0.2) is 0 Å². The van der Waals surface area contributed by atoms with Crippen LogP contribution in [0.5, 0.6) is 5.75 Å². The minimum absolute atomic E-state index is 0.104. The Kier molecular flexibility index (Phi) is 3.46. The van der Waals surface area contributed by atoms with Crippen LogP contribution < -0.4 is 10.1 Å². The number of aliphatic hydroxyl groups excluding tert-OH is 1. The first-order valence-electron chi connectivity index (χ1n) is 5.83. The molecule has 0 spiro atoms. The summed E-state index contributed by atoms with van der Waals surface area (Å²) >= 11 is 0. The van der Waals surface area contributed by atoms with E-state index in [0.717, 1.165) is 18.7 Å². The highest BCUT2D eigenvalue weighted by molar-refractivity contribution is 5.37. The third-order valence-electron chi connectivity index (χ3n) is 3.10. The zero-order valence-electron chi connectivity index (χ0n) is 9.81. The average molecular weight is 221 g/mol. The largest absolute Gasteiger partial charge is 0.488 e. The van der Waals surface area contributed by atoms with Gasteiger partial charge in [0.05, 0.1) is 6.10 Å². The lowest BCUT2D eigenvalue weighted by Gasteiger charge is -2.19. The van der Waals surface area contributed by atoms with Gasteiger partial charge in [-0.3, -0.25) is 0 Å². The number of benzene rings is 1. The molecule has 2 N–H and O–H groups in total. The Labute approximate surface area is 96.4 Å². The van der Waals surface area contributed by atoms with Gasteiger partial charge in [-0.15, -0.1) is 0 Å². The molecule has 3 nitrogen and oxygen atoms in total. The summed E-state index contributed by atoms with van der Waals surface area (Å²) in [7, 11) is 0. The molecule has 1 heterocycles. The number of nitrogens with one attached hydrogen (secondary N) is 1. The molecule has 0 saturated carbocycles. The van der Waals surface area contributed by atoms with Crippen LogP contribution in [-0.4, -0.2) is 29.9 Å². The molecule has 0 fully saturated rings. The molecular formula is C13H19NO2. The van der Waals surface area contributed by atoms with Crippen molar-refractivity contribution < 1.29 is 9.84 Å². The van der Waals surface area contributed by atoms with Crippen molar-refractivity contribution in [2.75, 3.05) is 6.54 Å². The molecule has 0 aliphatic carbocycles. The minimum Gasteiger partial charge on any atom is -0.488 e. The monoisotopic (exact) mass is 221 g/mol. The first kappa shape index (κ1) is 11.4. The van der Waals surface area contributed by atoms with E-state index < -0.39 is 0 Å². The van der Waals surface area contributed by atoms with Crippen molar-refractivity contribution in [3.63, 3.8) is 0 Å². The number of para-hydroxylation sites is 1. The van der Waals surface area contributed by atoms with Gasteiger partial charge < -0.3 is 15.2 Å². The van der Waals surface area contributed by atoms with E-state index in [1.165, 1.54) is 5.56 Å². The fourth-order valence-corrected chi connectivity index (χ4v) is 1.86. The molecule has 16 heavy (non-hydrogen) atoms. The Hall–Kier alpha value is -1.06. The Morgan fingerprint density at radius 2 is 2.19 bits per heavy atom. The summed E-state index contributed by atoms with van der Waals surface area (Å²) in [5.41, 5.74) is 1.28. The van der Waals surface area contributed by atoms with Crippen molar-refractivity contribution in [3.8, 4) is 5.75 Å². The molecule has 1 aromatic carbocycles. The first-order valence-corrected chi connectivity index (χ1v) is 5.83. The lowest BCUT2D eigenvalue weighted by atomic mass is 10.1. The Balaban J connectivity index is 1.83. The van der Waals surface area contributed by atoms with Crippen LogP contribution in [0, 0.1) is 0 Å². The Bertz CT molecular complexity index is 327. The molecule has 3 unspecified atom stereocenters.